The summed E-state index contributed by atoms with van der Waals surface area (Å²) in [6.07, 6.45) is 29.2. The topological polar surface area (TPSA) is 37.3 Å². The van der Waals surface area contributed by atoms with Gasteiger partial charge in [-0.1, -0.05) is 88.1 Å². The Bertz CT molecular complexity index is 416. The van der Waals surface area contributed by atoms with Crippen LogP contribution in [0.2, 0.25) is 0 Å². The van der Waals surface area contributed by atoms with Gasteiger partial charge in [0.05, 0.1) is 0 Å². The summed E-state index contributed by atoms with van der Waals surface area (Å²) in [5, 5.41) is 8.56. The second-order valence-electron chi connectivity index (χ2n) is 6.72. The molecule has 1 atom stereocenters. The van der Waals surface area contributed by atoms with E-state index in [1.54, 1.807) is 0 Å². The summed E-state index contributed by atoms with van der Waals surface area (Å²) in [5.74, 6) is -0.140. The molecule has 0 aliphatic heterocycles. The van der Waals surface area contributed by atoms with Crippen molar-refractivity contribution in [1.29, 1.82) is 0 Å². The van der Waals surface area contributed by atoms with Gasteiger partial charge in [-0.25, -0.2) is 0 Å². The lowest BCUT2D eigenvalue weighted by Crippen LogP contribution is -1.93. The molecule has 0 radical (unpaired) electrons. The lowest BCUT2D eigenvalue weighted by molar-refractivity contribution is -0.137. The Labute approximate surface area is 155 Å². The normalized spacial score (nSPS) is 13.7. The van der Waals surface area contributed by atoms with E-state index in [1.165, 1.54) is 32.1 Å². The monoisotopic (exact) mass is 346 g/mol. The highest BCUT2D eigenvalue weighted by molar-refractivity contribution is 5.66. The number of aliphatic carboxylic acids is 1. The highest BCUT2D eigenvalue weighted by Gasteiger charge is 1.95. The number of carboxylic acids is 1. The van der Waals surface area contributed by atoms with Gasteiger partial charge in [0.2, 0.25) is 0 Å². The van der Waals surface area contributed by atoms with Crippen LogP contribution in [-0.2, 0) is 4.79 Å². The predicted octanol–water partition coefficient (Wildman–Crippen LogP) is 7.24. The Morgan fingerprint density at radius 3 is 2.24 bits per heavy atom. The molecule has 0 saturated carbocycles. The Morgan fingerprint density at radius 1 is 0.840 bits per heavy atom. The molecule has 25 heavy (non-hydrogen) atoms. The molecule has 0 rings (SSSR count). The van der Waals surface area contributed by atoms with Gasteiger partial charge in [0, 0.05) is 6.42 Å². The minimum absolute atomic E-state index is 0.299. The van der Waals surface area contributed by atoms with Crippen molar-refractivity contribution >= 4 is 5.97 Å². The average Bonchev–Trinajstić information content (AvgIpc) is 2.58. The SMILES string of the molecule is CCCCCCC=CC=CC=CC(C)CC=CCCCCCC(=O)O. The quantitative estimate of drug-likeness (QED) is 0.182. The molecular formula is C23H38O2. The van der Waals surface area contributed by atoms with E-state index in [4.69, 9.17) is 5.11 Å². The second-order valence-corrected chi connectivity index (χ2v) is 6.72. The smallest absolute Gasteiger partial charge is 0.303 e. The van der Waals surface area contributed by atoms with Gasteiger partial charge < -0.3 is 5.11 Å². The Balaban J connectivity index is 3.60. The van der Waals surface area contributed by atoms with Crippen molar-refractivity contribution in [2.75, 3.05) is 0 Å². The molecule has 0 aromatic rings. The lowest BCUT2D eigenvalue weighted by atomic mass is 10.1. The first-order valence-electron chi connectivity index (χ1n) is 10.0. The number of hydrogen-bond acceptors (Lipinski definition) is 1. The third-order valence-corrected chi connectivity index (χ3v) is 4.07. The molecule has 0 aromatic heterocycles. The summed E-state index contributed by atoms with van der Waals surface area (Å²) in [7, 11) is 0. The molecule has 0 amide bonds. The van der Waals surface area contributed by atoms with Crippen LogP contribution in [0.3, 0.4) is 0 Å². The van der Waals surface area contributed by atoms with E-state index in [-0.39, 0.29) is 0 Å². The van der Waals surface area contributed by atoms with E-state index in [0.29, 0.717) is 12.3 Å². The molecule has 0 bridgehead atoms. The fourth-order valence-corrected chi connectivity index (χ4v) is 2.47. The van der Waals surface area contributed by atoms with Crippen molar-refractivity contribution < 1.29 is 9.90 Å². The van der Waals surface area contributed by atoms with E-state index in [0.717, 1.165) is 32.1 Å². The number of allylic oxidation sites excluding steroid dienone is 8. The zero-order valence-electron chi connectivity index (χ0n) is 16.3. The lowest BCUT2D eigenvalue weighted by Gasteiger charge is -2.00. The van der Waals surface area contributed by atoms with Gasteiger partial charge in [-0.15, -0.1) is 0 Å². The van der Waals surface area contributed by atoms with Crippen molar-refractivity contribution in [3.8, 4) is 0 Å². The van der Waals surface area contributed by atoms with Crippen molar-refractivity contribution in [3.05, 3.63) is 48.6 Å². The third kappa shape index (κ3) is 20.4. The van der Waals surface area contributed by atoms with Gasteiger partial charge in [-0.05, 0) is 44.4 Å². The summed E-state index contributed by atoms with van der Waals surface area (Å²) in [4.78, 5) is 10.4. The number of rotatable bonds is 16. The van der Waals surface area contributed by atoms with E-state index in [2.05, 4.69) is 62.5 Å². The summed E-state index contributed by atoms with van der Waals surface area (Å²) in [6, 6.07) is 0. The third-order valence-electron chi connectivity index (χ3n) is 4.07. The minimum Gasteiger partial charge on any atom is -0.481 e. The van der Waals surface area contributed by atoms with Crippen LogP contribution in [0.25, 0.3) is 0 Å². The Kier molecular flexibility index (Phi) is 17.6. The van der Waals surface area contributed by atoms with Gasteiger partial charge in [-0.3, -0.25) is 4.79 Å². The van der Waals surface area contributed by atoms with Crippen LogP contribution in [0.1, 0.15) is 84.5 Å². The largest absolute Gasteiger partial charge is 0.481 e. The fourth-order valence-electron chi connectivity index (χ4n) is 2.47. The minimum atomic E-state index is -0.687. The first kappa shape index (κ1) is 23.4. The second kappa shape index (κ2) is 18.8. The molecule has 0 fully saturated rings. The predicted molar refractivity (Wildman–Crippen MR) is 110 cm³/mol. The van der Waals surface area contributed by atoms with Crippen molar-refractivity contribution in [1.82, 2.24) is 0 Å². The van der Waals surface area contributed by atoms with Crippen molar-refractivity contribution in [3.63, 3.8) is 0 Å². The zero-order chi connectivity index (χ0) is 18.6. The number of carbonyl (C=O) groups is 1. The molecule has 1 unspecified atom stereocenters. The van der Waals surface area contributed by atoms with Gasteiger partial charge in [-0.2, -0.15) is 0 Å². The molecular weight excluding hydrogens is 308 g/mol. The van der Waals surface area contributed by atoms with E-state index < -0.39 is 5.97 Å². The molecule has 0 spiro atoms. The van der Waals surface area contributed by atoms with Crippen molar-refractivity contribution in [2.45, 2.75) is 84.5 Å². The summed E-state index contributed by atoms with van der Waals surface area (Å²) >= 11 is 0. The molecule has 1 N–H and O–H groups in total. The maximum Gasteiger partial charge on any atom is 0.303 e. The van der Waals surface area contributed by atoms with E-state index in [1.807, 2.05) is 0 Å². The number of carboxylic acid groups (broad SMARTS) is 1. The molecule has 2 heteroatoms. The zero-order valence-corrected chi connectivity index (χ0v) is 16.3. The summed E-state index contributed by atoms with van der Waals surface area (Å²) in [6.45, 7) is 4.47. The van der Waals surface area contributed by atoms with Crippen LogP contribution >= 0.6 is 0 Å². The van der Waals surface area contributed by atoms with Crippen LogP contribution < -0.4 is 0 Å². The maximum atomic E-state index is 10.4. The first-order chi connectivity index (χ1) is 12.2. The molecule has 142 valence electrons. The molecule has 0 heterocycles. The standard InChI is InChI=1S/C23H38O2/c1-3-4-5-6-7-8-9-10-13-16-19-22(2)20-17-14-11-12-15-18-21-23(24)25/h8-10,13-14,16-17,19,22H,3-7,11-12,15,18,20-21H2,1-2H3,(H,24,25). The van der Waals surface area contributed by atoms with E-state index >= 15 is 0 Å². The van der Waals surface area contributed by atoms with Gasteiger partial charge in [0.25, 0.3) is 0 Å². The van der Waals surface area contributed by atoms with Gasteiger partial charge in [0.1, 0.15) is 0 Å². The number of unbranched alkanes of at least 4 members (excludes halogenated alkanes) is 7. The first-order valence-corrected chi connectivity index (χ1v) is 10.0. The Hall–Kier alpha value is -1.57. The van der Waals surface area contributed by atoms with Crippen LogP contribution in [0.15, 0.2) is 48.6 Å². The molecule has 0 aromatic carbocycles. The number of hydrogen-bond donors (Lipinski definition) is 1. The van der Waals surface area contributed by atoms with Crippen LogP contribution in [0.4, 0.5) is 0 Å². The molecule has 0 aliphatic carbocycles. The highest BCUT2D eigenvalue weighted by atomic mass is 16.4. The summed E-state index contributed by atoms with van der Waals surface area (Å²) in [5.41, 5.74) is 0. The Morgan fingerprint density at radius 2 is 1.52 bits per heavy atom. The molecule has 2 nitrogen and oxygen atoms in total. The van der Waals surface area contributed by atoms with Crippen LogP contribution in [0, 0.1) is 5.92 Å². The maximum absolute atomic E-state index is 10.4. The molecule has 0 saturated heterocycles. The average molecular weight is 347 g/mol. The van der Waals surface area contributed by atoms with Gasteiger partial charge >= 0.3 is 5.97 Å². The fraction of sp³-hybridized carbons (Fsp3) is 0.609. The van der Waals surface area contributed by atoms with Crippen molar-refractivity contribution in [2.24, 2.45) is 5.92 Å². The summed E-state index contributed by atoms with van der Waals surface area (Å²) < 4.78 is 0. The van der Waals surface area contributed by atoms with E-state index in [9.17, 15) is 4.79 Å². The van der Waals surface area contributed by atoms with Crippen LogP contribution in [0.5, 0.6) is 0 Å². The van der Waals surface area contributed by atoms with Crippen LogP contribution in [-0.4, -0.2) is 11.1 Å². The highest BCUT2D eigenvalue weighted by Crippen LogP contribution is 2.08. The molecule has 0 aliphatic rings. The van der Waals surface area contributed by atoms with Gasteiger partial charge in [0.15, 0.2) is 0 Å².